The number of hydrogen-bond acceptors (Lipinski definition) is 8. The van der Waals surface area contributed by atoms with Crippen LogP contribution in [0.1, 0.15) is 5.56 Å². The fourth-order valence-corrected chi connectivity index (χ4v) is 4.54. The van der Waals surface area contributed by atoms with E-state index in [1.807, 2.05) is 0 Å². The van der Waals surface area contributed by atoms with Gasteiger partial charge in [0, 0.05) is 31.8 Å². The van der Waals surface area contributed by atoms with Gasteiger partial charge in [0.05, 0.1) is 29.8 Å². The Kier molecular flexibility index (Phi) is 6.07. The van der Waals surface area contributed by atoms with Gasteiger partial charge in [0.15, 0.2) is 22.3 Å². The van der Waals surface area contributed by atoms with Gasteiger partial charge < -0.3 is 14.6 Å². The minimum atomic E-state index is -4.73. The number of aromatic nitrogens is 8. The van der Waals surface area contributed by atoms with Gasteiger partial charge in [-0.1, -0.05) is 23.2 Å². The Labute approximate surface area is 231 Å². The molecule has 40 heavy (non-hydrogen) atoms. The van der Waals surface area contributed by atoms with Gasteiger partial charge >= 0.3 is 6.18 Å². The number of fused-ring (bicyclic) bond motifs is 2. The lowest BCUT2D eigenvalue weighted by Gasteiger charge is -2.14. The molecule has 0 unspecified atom stereocenters. The fourth-order valence-electron chi connectivity index (χ4n) is 4.00. The first-order valence-corrected chi connectivity index (χ1v) is 12.1. The van der Waals surface area contributed by atoms with E-state index in [0.717, 1.165) is 4.57 Å². The lowest BCUT2D eigenvalue weighted by atomic mass is 10.2. The number of imidazole rings is 1. The van der Waals surface area contributed by atoms with Crippen LogP contribution >= 0.6 is 23.2 Å². The number of rotatable bonds is 5. The summed E-state index contributed by atoms with van der Waals surface area (Å²) < 4.78 is 50.8. The second-order valence-electron chi connectivity index (χ2n) is 8.38. The highest BCUT2D eigenvalue weighted by atomic mass is 35.5. The summed E-state index contributed by atoms with van der Waals surface area (Å²) >= 11 is 12.8. The molecule has 0 atom stereocenters. The van der Waals surface area contributed by atoms with E-state index < -0.39 is 17.3 Å². The summed E-state index contributed by atoms with van der Waals surface area (Å²) in [7, 11) is 1.55. The Morgan fingerprint density at radius 3 is 2.62 bits per heavy atom. The van der Waals surface area contributed by atoms with Crippen LogP contribution in [0.3, 0.4) is 0 Å². The molecule has 0 bridgehead atoms. The van der Waals surface area contributed by atoms with Crippen LogP contribution < -0.4 is 15.6 Å². The topological polar surface area (TPSA) is 117 Å². The van der Waals surface area contributed by atoms with Gasteiger partial charge in [0.1, 0.15) is 21.7 Å². The number of pyridine rings is 3. The summed E-state index contributed by atoms with van der Waals surface area (Å²) in [5.74, 6) is 0.414. The summed E-state index contributed by atoms with van der Waals surface area (Å²) in [5.41, 5.74) is -1.18. The van der Waals surface area contributed by atoms with Crippen molar-refractivity contribution in [1.82, 2.24) is 38.7 Å². The number of alkyl halides is 3. The molecule has 6 heterocycles. The van der Waals surface area contributed by atoms with Gasteiger partial charge in [-0.05, 0) is 18.2 Å². The van der Waals surface area contributed by atoms with E-state index in [1.165, 1.54) is 52.2 Å². The summed E-state index contributed by atoms with van der Waals surface area (Å²) in [6.07, 6.45) is 4.53. The maximum absolute atomic E-state index is 13.7. The molecule has 0 aliphatic carbocycles. The van der Waals surface area contributed by atoms with Gasteiger partial charge in [-0.3, -0.25) is 14.3 Å². The zero-order valence-electron chi connectivity index (χ0n) is 20.1. The number of ether oxygens (including phenoxy) is 1. The highest BCUT2D eigenvalue weighted by molar-refractivity contribution is 6.36. The number of halogens is 5. The Balaban J connectivity index is 1.42. The van der Waals surface area contributed by atoms with Crippen molar-refractivity contribution in [3.05, 3.63) is 87.7 Å². The van der Waals surface area contributed by atoms with Crippen LogP contribution in [0.2, 0.25) is 10.2 Å². The van der Waals surface area contributed by atoms with Crippen LogP contribution in [-0.4, -0.2) is 38.7 Å². The second-order valence-corrected chi connectivity index (χ2v) is 9.11. The van der Waals surface area contributed by atoms with Crippen LogP contribution in [0.5, 0.6) is 11.5 Å². The molecule has 0 aromatic carbocycles. The van der Waals surface area contributed by atoms with Crippen molar-refractivity contribution in [3.8, 4) is 17.2 Å². The quantitative estimate of drug-likeness (QED) is 0.284. The zero-order chi connectivity index (χ0) is 28.2. The minimum Gasteiger partial charge on any atom is -0.450 e. The van der Waals surface area contributed by atoms with E-state index in [-0.39, 0.29) is 44.6 Å². The molecule has 6 aromatic heterocycles. The van der Waals surface area contributed by atoms with E-state index in [0.29, 0.717) is 23.3 Å². The molecule has 0 amide bonds. The van der Waals surface area contributed by atoms with Gasteiger partial charge in [0.25, 0.3) is 5.56 Å². The third kappa shape index (κ3) is 4.36. The van der Waals surface area contributed by atoms with Crippen LogP contribution in [0, 0.1) is 0 Å². The minimum absolute atomic E-state index is 0.0129. The van der Waals surface area contributed by atoms with E-state index in [4.69, 9.17) is 27.9 Å². The van der Waals surface area contributed by atoms with Crippen molar-refractivity contribution in [1.29, 1.82) is 0 Å². The predicted molar refractivity (Wildman–Crippen MR) is 140 cm³/mol. The monoisotopic (exact) mass is 587 g/mol. The van der Waals surface area contributed by atoms with E-state index in [9.17, 15) is 18.0 Å². The van der Waals surface area contributed by atoms with Crippen molar-refractivity contribution in [2.75, 3.05) is 5.32 Å². The first-order valence-electron chi connectivity index (χ1n) is 11.3. The molecule has 0 aliphatic heterocycles. The predicted octanol–water partition coefficient (Wildman–Crippen LogP) is 5.42. The third-order valence-corrected chi connectivity index (χ3v) is 6.53. The summed E-state index contributed by atoms with van der Waals surface area (Å²) in [6, 6.07) is 3.68. The summed E-state index contributed by atoms with van der Waals surface area (Å²) in [6.45, 7) is 0. The van der Waals surface area contributed by atoms with Crippen LogP contribution in [0.4, 0.5) is 24.8 Å². The van der Waals surface area contributed by atoms with E-state index in [2.05, 4.69) is 30.4 Å². The van der Waals surface area contributed by atoms with Crippen molar-refractivity contribution < 1.29 is 17.9 Å². The highest BCUT2D eigenvalue weighted by Crippen LogP contribution is 2.38. The fraction of sp³-hybridized carbons (Fsp3) is 0.0833. The largest absolute Gasteiger partial charge is 0.450 e. The standard InChI is InChI=1S/C24H14Cl2F3N9O2/c1-36-19-17(25)15(40-16-10-33-38-6-5-31-20(26)18(16)38)9-32-21(19)35-23(36)34-14-7-12(24(27,28)29)11-37(22(14)39)13-3-2-4-30-8-13/h2-11H,1H3,(H,32,34,35). The summed E-state index contributed by atoms with van der Waals surface area (Å²) in [5, 5.41) is 7.11. The van der Waals surface area contributed by atoms with Gasteiger partial charge in [-0.15, -0.1) is 0 Å². The number of nitrogens with zero attached hydrogens (tertiary/aromatic N) is 8. The van der Waals surface area contributed by atoms with Crippen LogP contribution in [-0.2, 0) is 13.2 Å². The molecule has 0 spiro atoms. The van der Waals surface area contributed by atoms with Crippen LogP contribution in [0.15, 0.2) is 66.4 Å². The second kappa shape index (κ2) is 9.50. The maximum Gasteiger partial charge on any atom is 0.417 e. The lowest BCUT2D eigenvalue weighted by Crippen LogP contribution is -2.24. The van der Waals surface area contributed by atoms with Gasteiger partial charge in [-0.2, -0.15) is 23.3 Å². The molecule has 0 fully saturated rings. The molecular weight excluding hydrogens is 574 g/mol. The first-order chi connectivity index (χ1) is 19.1. The highest BCUT2D eigenvalue weighted by Gasteiger charge is 2.33. The van der Waals surface area contributed by atoms with Crippen molar-refractivity contribution in [2.24, 2.45) is 7.05 Å². The third-order valence-electron chi connectivity index (χ3n) is 5.89. The molecule has 0 saturated carbocycles. The van der Waals surface area contributed by atoms with Gasteiger partial charge in [-0.25, -0.2) is 14.5 Å². The number of hydrogen-bond donors (Lipinski definition) is 1. The van der Waals surface area contributed by atoms with Gasteiger partial charge in [0.2, 0.25) is 5.95 Å². The molecule has 1 N–H and O–H groups in total. The van der Waals surface area contributed by atoms with Crippen molar-refractivity contribution >= 4 is 51.5 Å². The Hall–Kier alpha value is -4.69. The molecule has 0 aliphatic rings. The number of anilines is 2. The average molecular weight is 588 g/mol. The lowest BCUT2D eigenvalue weighted by molar-refractivity contribution is -0.137. The molecular formula is C24H14Cl2F3N9O2. The molecule has 11 nitrogen and oxygen atoms in total. The molecule has 6 rings (SSSR count). The average Bonchev–Trinajstić information content (AvgIpc) is 3.48. The normalized spacial score (nSPS) is 11.8. The van der Waals surface area contributed by atoms with Crippen molar-refractivity contribution in [2.45, 2.75) is 6.18 Å². The summed E-state index contributed by atoms with van der Waals surface area (Å²) in [4.78, 5) is 29.7. The smallest absolute Gasteiger partial charge is 0.417 e. The maximum atomic E-state index is 13.7. The Morgan fingerprint density at radius 1 is 1.05 bits per heavy atom. The molecule has 202 valence electrons. The molecule has 0 saturated heterocycles. The van der Waals surface area contributed by atoms with E-state index >= 15 is 0 Å². The molecule has 0 radical (unpaired) electrons. The molecule has 6 aromatic rings. The van der Waals surface area contributed by atoms with Crippen LogP contribution in [0.25, 0.3) is 22.4 Å². The first kappa shape index (κ1) is 25.6. The SMILES string of the molecule is Cn1c(Nc2cc(C(F)(F)F)cn(-c3cccnc3)c2=O)nc2ncc(Oc3cnn4ccnc(Cl)c34)c(Cl)c21. The number of nitrogens with one attached hydrogen (secondary N) is 1. The number of aryl methyl sites for hydroxylation is 1. The Morgan fingerprint density at radius 2 is 1.88 bits per heavy atom. The van der Waals surface area contributed by atoms with E-state index in [1.54, 1.807) is 13.2 Å². The molecule has 16 heteroatoms. The Bertz CT molecular complexity index is 1970. The van der Waals surface area contributed by atoms with Crippen molar-refractivity contribution in [3.63, 3.8) is 0 Å². The zero-order valence-corrected chi connectivity index (χ0v) is 21.6.